The molecule has 1 rings (SSSR count). The summed E-state index contributed by atoms with van der Waals surface area (Å²) in [7, 11) is 0. The predicted molar refractivity (Wildman–Crippen MR) is 51.7 cm³/mol. The first-order valence-electron chi connectivity index (χ1n) is 4.72. The van der Waals surface area contributed by atoms with Crippen LogP contribution in [-0.4, -0.2) is 23.5 Å². The van der Waals surface area contributed by atoms with Crippen molar-refractivity contribution in [3.63, 3.8) is 0 Å². The highest BCUT2D eigenvalue weighted by Crippen LogP contribution is 2.67. The zero-order valence-corrected chi connectivity index (χ0v) is 9.05. The molecule has 0 saturated heterocycles. The monoisotopic (exact) mass is 199 g/mol. The lowest BCUT2D eigenvalue weighted by molar-refractivity contribution is -0.150. The summed E-state index contributed by atoms with van der Waals surface area (Å²) >= 11 is 0. The number of hydrogen-bond donors (Lipinski definition) is 2. The van der Waals surface area contributed by atoms with E-state index in [2.05, 4.69) is 33.0 Å². The van der Waals surface area contributed by atoms with Gasteiger partial charge in [0, 0.05) is 6.54 Å². The number of carboxylic acids is 1. The normalized spacial score (nSPS) is 22.9. The maximum absolute atomic E-state index is 10.8. The number of hydrogen-bond acceptors (Lipinski definition) is 2. The fourth-order valence-electron chi connectivity index (χ4n) is 2.11. The van der Waals surface area contributed by atoms with Crippen LogP contribution in [-0.2, 0) is 9.59 Å². The van der Waals surface area contributed by atoms with Crippen LogP contribution in [0.15, 0.2) is 0 Å². The number of carboxylic acid groups (broad SMARTS) is 1. The van der Waals surface area contributed by atoms with Gasteiger partial charge >= 0.3 is 11.9 Å². The fourth-order valence-corrected chi connectivity index (χ4v) is 2.11. The molecule has 1 aliphatic rings. The third-order valence-electron chi connectivity index (χ3n) is 3.98. The lowest BCUT2D eigenvalue weighted by atomic mass is 10.0. The van der Waals surface area contributed by atoms with Crippen LogP contribution in [0.2, 0.25) is 0 Å². The van der Waals surface area contributed by atoms with Crippen LogP contribution in [0.4, 0.5) is 0 Å². The van der Waals surface area contributed by atoms with Crippen molar-refractivity contribution in [3.05, 3.63) is 0 Å². The molecule has 1 amide bonds. The minimum atomic E-state index is -1.42. The molecule has 1 aliphatic carbocycles. The molecule has 4 nitrogen and oxygen atoms in total. The molecule has 0 atom stereocenters. The Hall–Kier alpha value is -1.06. The summed E-state index contributed by atoms with van der Waals surface area (Å²) in [5.74, 6) is -1.97. The molecule has 2 N–H and O–H groups in total. The van der Waals surface area contributed by atoms with Crippen LogP contribution >= 0.6 is 0 Å². The molecule has 0 heterocycles. The molecule has 0 bridgehead atoms. The SMILES string of the molecule is CC1(C)C(CNC(=O)C(=O)O)C1(C)C. The highest BCUT2D eigenvalue weighted by Gasteiger charge is 2.64. The van der Waals surface area contributed by atoms with Gasteiger partial charge in [-0.1, -0.05) is 27.7 Å². The van der Waals surface area contributed by atoms with E-state index in [1.807, 2.05) is 0 Å². The molecule has 1 fully saturated rings. The molecule has 14 heavy (non-hydrogen) atoms. The summed E-state index contributed by atoms with van der Waals surface area (Å²) in [6.45, 7) is 8.97. The van der Waals surface area contributed by atoms with E-state index in [4.69, 9.17) is 5.11 Å². The average Bonchev–Trinajstić information content (AvgIpc) is 2.39. The van der Waals surface area contributed by atoms with Crippen LogP contribution in [0, 0.1) is 16.7 Å². The maximum Gasteiger partial charge on any atom is 0.394 e. The summed E-state index contributed by atoms with van der Waals surface area (Å²) in [6.07, 6.45) is 0. The Labute approximate surface area is 83.7 Å². The molecular formula is C10H17NO3. The molecule has 0 aromatic rings. The molecule has 0 unspecified atom stereocenters. The van der Waals surface area contributed by atoms with E-state index >= 15 is 0 Å². The third-order valence-corrected chi connectivity index (χ3v) is 3.98. The zero-order valence-electron chi connectivity index (χ0n) is 9.05. The molecule has 0 aromatic carbocycles. The van der Waals surface area contributed by atoms with E-state index in [9.17, 15) is 9.59 Å². The van der Waals surface area contributed by atoms with E-state index < -0.39 is 11.9 Å². The van der Waals surface area contributed by atoms with Crippen molar-refractivity contribution in [1.29, 1.82) is 0 Å². The van der Waals surface area contributed by atoms with Crippen LogP contribution in [0.1, 0.15) is 27.7 Å². The summed E-state index contributed by atoms with van der Waals surface area (Å²) in [6, 6.07) is 0. The number of carbonyl (C=O) groups excluding carboxylic acids is 1. The number of amides is 1. The first-order valence-corrected chi connectivity index (χ1v) is 4.72. The van der Waals surface area contributed by atoms with Crippen molar-refractivity contribution in [2.45, 2.75) is 27.7 Å². The highest BCUT2D eigenvalue weighted by atomic mass is 16.4. The number of nitrogens with one attached hydrogen (secondary N) is 1. The van der Waals surface area contributed by atoms with Gasteiger partial charge < -0.3 is 10.4 Å². The summed E-state index contributed by atoms with van der Waals surface area (Å²) in [4.78, 5) is 21.0. The molecule has 80 valence electrons. The van der Waals surface area contributed by atoms with E-state index in [0.29, 0.717) is 12.5 Å². The highest BCUT2D eigenvalue weighted by molar-refractivity contribution is 6.31. The van der Waals surface area contributed by atoms with Gasteiger partial charge in [0.1, 0.15) is 0 Å². The van der Waals surface area contributed by atoms with Gasteiger partial charge in [-0.3, -0.25) is 4.79 Å². The fraction of sp³-hybridized carbons (Fsp3) is 0.800. The van der Waals surface area contributed by atoms with Crippen molar-refractivity contribution >= 4 is 11.9 Å². The van der Waals surface area contributed by atoms with Crippen LogP contribution in [0.25, 0.3) is 0 Å². The number of aliphatic carboxylic acids is 1. The van der Waals surface area contributed by atoms with Gasteiger partial charge in [0.25, 0.3) is 0 Å². The van der Waals surface area contributed by atoms with Crippen LogP contribution in [0.5, 0.6) is 0 Å². The Kier molecular flexibility index (Phi) is 2.34. The van der Waals surface area contributed by atoms with Crippen molar-refractivity contribution in [2.75, 3.05) is 6.54 Å². The van der Waals surface area contributed by atoms with Gasteiger partial charge in [0.05, 0.1) is 0 Å². The van der Waals surface area contributed by atoms with E-state index in [0.717, 1.165) is 0 Å². The van der Waals surface area contributed by atoms with Gasteiger partial charge in [-0.05, 0) is 16.7 Å². The van der Waals surface area contributed by atoms with Crippen molar-refractivity contribution in [2.24, 2.45) is 16.7 Å². The van der Waals surface area contributed by atoms with Crippen molar-refractivity contribution in [1.82, 2.24) is 5.32 Å². The first-order chi connectivity index (χ1) is 6.21. The first kappa shape index (κ1) is 11.0. The van der Waals surface area contributed by atoms with Gasteiger partial charge in [0.2, 0.25) is 0 Å². The lowest BCUT2D eigenvalue weighted by Crippen LogP contribution is -2.33. The maximum atomic E-state index is 10.8. The molecule has 0 spiro atoms. The predicted octanol–water partition coefficient (Wildman–Crippen LogP) is 0.869. The standard InChI is InChI=1S/C10H17NO3/c1-9(2)6(10(9,3)4)5-11-7(12)8(13)14/h6H,5H2,1-4H3,(H,11,12)(H,13,14). The topological polar surface area (TPSA) is 66.4 Å². The lowest BCUT2D eigenvalue weighted by Gasteiger charge is -2.04. The minimum absolute atomic E-state index is 0.179. The average molecular weight is 199 g/mol. The van der Waals surface area contributed by atoms with Gasteiger partial charge in [-0.25, -0.2) is 4.79 Å². The Morgan fingerprint density at radius 3 is 1.93 bits per heavy atom. The Bertz CT molecular complexity index is 267. The molecule has 1 saturated carbocycles. The summed E-state index contributed by atoms with van der Waals surface area (Å²) < 4.78 is 0. The number of carbonyl (C=O) groups is 2. The van der Waals surface area contributed by atoms with Gasteiger partial charge in [-0.2, -0.15) is 0 Å². The Morgan fingerprint density at radius 1 is 1.21 bits per heavy atom. The second kappa shape index (κ2) is 2.97. The molecule has 0 aromatic heterocycles. The van der Waals surface area contributed by atoms with Gasteiger partial charge in [-0.15, -0.1) is 0 Å². The quantitative estimate of drug-likeness (QED) is 0.648. The Morgan fingerprint density at radius 2 is 1.64 bits per heavy atom. The van der Waals surface area contributed by atoms with Crippen molar-refractivity contribution < 1.29 is 14.7 Å². The van der Waals surface area contributed by atoms with Crippen LogP contribution in [0.3, 0.4) is 0 Å². The largest absolute Gasteiger partial charge is 0.474 e. The van der Waals surface area contributed by atoms with Gasteiger partial charge in [0.15, 0.2) is 0 Å². The molecule has 0 aliphatic heterocycles. The smallest absolute Gasteiger partial charge is 0.394 e. The van der Waals surface area contributed by atoms with Crippen LogP contribution < -0.4 is 5.32 Å². The van der Waals surface area contributed by atoms with E-state index in [-0.39, 0.29) is 10.8 Å². The molecular weight excluding hydrogens is 182 g/mol. The van der Waals surface area contributed by atoms with Crippen molar-refractivity contribution in [3.8, 4) is 0 Å². The van der Waals surface area contributed by atoms with E-state index in [1.54, 1.807) is 0 Å². The minimum Gasteiger partial charge on any atom is -0.474 e. The summed E-state index contributed by atoms with van der Waals surface area (Å²) in [5, 5.41) is 10.8. The van der Waals surface area contributed by atoms with E-state index in [1.165, 1.54) is 0 Å². The molecule has 4 heteroatoms. The zero-order chi connectivity index (χ0) is 11.1. The summed E-state index contributed by atoms with van der Waals surface area (Å²) in [5.41, 5.74) is 0.359. The second-order valence-corrected chi connectivity index (χ2v) is 5.01. The third kappa shape index (κ3) is 1.49. The number of rotatable bonds is 2. The second-order valence-electron chi connectivity index (χ2n) is 5.01. The molecule has 0 radical (unpaired) electrons. The Balaban J connectivity index is 2.43.